The summed E-state index contributed by atoms with van der Waals surface area (Å²) in [6.07, 6.45) is 0. The number of aliphatic carboxylic acids is 1. The highest BCUT2D eigenvalue weighted by molar-refractivity contribution is 6.66. The molecule has 0 spiro atoms. The fourth-order valence-electron chi connectivity index (χ4n) is 3.38. The van der Waals surface area contributed by atoms with Crippen LogP contribution in [0, 0.1) is 0 Å². The van der Waals surface area contributed by atoms with Crippen molar-refractivity contribution >= 4 is 111 Å². The summed E-state index contributed by atoms with van der Waals surface area (Å²) >= 11 is 6.52. The molecule has 2 rings (SSSR count). The van der Waals surface area contributed by atoms with Crippen LogP contribution in [0.4, 0.5) is 0 Å². The summed E-state index contributed by atoms with van der Waals surface area (Å²) in [5, 5.41) is 22.6. The molecule has 0 fully saturated rings. The third kappa shape index (κ3) is 3.72. The highest BCUT2D eigenvalue weighted by Crippen LogP contribution is 2.18. The zero-order valence-electron chi connectivity index (χ0n) is 17.1. The van der Waals surface area contributed by atoms with Gasteiger partial charge in [-0.25, -0.2) is 0 Å². The number of pyridine rings is 1. The molecule has 0 saturated heterocycles. The summed E-state index contributed by atoms with van der Waals surface area (Å²) in [6.45, 7) is 0. The molecule has 0 aliphatic rings. The molecule has 0 aliphatic carbocycles. The SMILES string of the molecule is Bc1nc(C(=O)NC(B)C(=O)O)c(O)c(B)c1-c1c(B)c(B)c(B)c(Cl)c1B. The van der Waals surface area contributed by atoms with Gasteiger partial charge in [0.2, 0.25) is 0 Å². The van der Waals surface area contributed by atoms with Gasteiger partial charge in [-0.05, 0) is 16.6 Å². The first-order chi connectivity index (χ1) is 12.9. The average Bonchev–Trinajstić information content (AvgIpc) is 2.63. The van der Waals surface area contributed by atoms with E-state index in [0.29, 0.717) is 16.1 Å². The standard InChI is InChI=1S/C14H18B7ClN2O4/c15-3-1(4(16)8(22)7(19)6(3)18)2-5(17)10(25)9(23-11(2)20)13(26)24-12(21)14(27)28/h12,25H,15-21H2,(H,24,26)(H,27,28). The number of benzene rings is 1. The van der Waals surface area contributed by atoms with Crippen molar-refractivity contribution in [3.63, 3.8) is 0 Å². The van der Waals surface area contributed by atoms with Crippen molar-refractivity contribution in [3.05, 3.63) is 10.7 Å². The molecule has 3 N–H and O–H groups in total. The van der Waals surface area contributed by atoms with E-state index in [0.717, 1.165) is 33.0 Å². The lowest BCUT2D eigenvalue weighted by Crippen LogP contribution is -2.47. The summed E-state index contributed by atoms with van der Waals surface area (Å²) in [4.78, 5) is 27.7. The number of rotatable bonds is 4. The highest BCUT2D eigenvalue weighted by Gasteiger charge is 2.25. The fraction of sp³-hybridized carbons (Fsp3) is 0.0714. The van der Waals surface area contributed by atoms with E-state index in [1.807, 2.05) is 31.4 Å². The van der Waals surface area contributed by atoms with Crippen LogP contribution < -0.4 is 38.2 Å². The maximum Gasteiger partial charge on any atom is 0.317 e. The van der Waals surface area contributed by atoms with Gasteiger partial charge in [0, 0.05) is 10.6 Å². The summed E-state index contributed by atoms with van der Waals surface area (Å²) in [5.41, 5.74) is 6.43. The average molecular weight is 389 g/mol. The van der Waals surface area contributed by atoms with E-state index in [1.54, 1.807) is 15.7 Å². The first kappa shape index (κ1) is 22.1. The van der Waals surface area contributed by atoms with Crippen LogP contribution in [0.15, 0.2) is 0 Å². The predicted octanol–water partition coefficient (Wildman–Crippen LogP) is -9.57. The zero-order valence-corrected chi connectivity index (χ0v) is 17.9. The Balaban J connectivity index is 2.71. The summed E-state index contributed by atoms with van der Waals surface area (Å²) < 4.78 is 0. The summed E-state index contributed by atoms with van der Waals surface area (Å²) in [7, 11) is 12.7. The lowest BCUT2D eigenvalue weighted by molar-refractivity contribution is -0.137. The van der Waals surface area contributed by atoms with Crippen LogP contribution in [-0.2, 0) is 4.79 Å². The Morgan fingerprint density at radius 2 is 1.50 bits per heavy atom. The van der Waals surface area contributed by atoms with E-state index in [-0.39, 0.29) is 11.4 Å². The van der Waals surface area contributed by atoms with Crippen LogP contribution in [0.3, 0.4) is 0 Å². The predicted molar refractivity (Wildman–Crippen MR) is 133 cm³/mol. The van der Waals surface area contributed by atoms with Crippen molar-refractivity contribution in [2.24, 2.45) is 0 Å². The second-order valence-electron chi connectivity index (χ2n) is 7.12. The van der Waals surface area contributed by atoms with E-state index in [2.05, 4.69) is 10.3 Å². The number of carboxylic acid groups (broad SMARTS) is 1. The number of aromatic hydroxyl groups is 1. The van der Waals surface area contributed by atoms with Gasteiger partial charge < -0.3 is 15.5 Å². The number of aromatic nitrogens is 1. The van der Waals surface area contributed by atoms with Gasteiger partial charge in [-0.3, -0.25) is 14.6 Å². The van der Waals surface area contributed by atoms with Crippen molar-refractivity contribution in [1.82, 2.24) is 10.3 Å². The molecular formula is C14H18B7ClN2O4. The first-order valence-electron chi connectivity index (χ1n) is 8.90. The van der Waals surface area contributed by atoms with Gasteiger partial charge in [-0.2, -0.15) is 0 Å². The number of amides is 1. The molecule has 1 amide bonds. The molecule has 1 unspecified atom stereocenters. The van der Waals surface area contributed by atoms with Gasteiger partial charge in [0.25, 0.3) is 5.91 Å². The van der Waals surface area contributed by atoms with E-state index < -0.39 is 17.8 Å². The summed E-state index contributed by atoms with van der Waals surface area (Å²) in [6, 6.07) is 0. The number of hydrogen-bond acceptors (Lipinski definition) is 4. The molecule has 2 aromatic rings. The van der Waals surface area contributed by atoms with E-state index in [9.17, 15) is 14.7 Å². The summed E-state index contributed by atoms with van der Waals surface area (Å²) in [5.74, 6) is -3.29. The second kappa shape index (κ2) is 8.07. The molecule has 1 aromatic carbocycles. The number of hydrogen-bond donors (Lipinski definition) is 3. The molecule has 6 nitrogen and oxygen atoms in total. The zero-order chi connectivity index (χ0) is 21.5. The smallest absolute Gasteiger partial charge is 0.317 e. The Morgan fingerprint density at radius 1 is 0.929 bits per heavy atom. The molecular weight excluding hydrogens is 371 g/mol. The van der Waals surface area contributed by atoms with Crippen molar-refractivity contribution in [1.29, 1.82) is 0 Å². The molecule has 136 valence electrons. The van der Waals surface area contributed by atoms with E-state index in [4.69, 9.17) is 16.7 Å². The molecule has 1 atom stereocenters. The minimum absolute atomic E-state index is 0.197. The van der Waals surface area contributed by atoms with Gasteiger partial charge in [-0.15, -0.1) is 0 Å². The van der Waals surface area contributed by atoms with Crippen LogP contribution in [0.5, 0.6) is 5.75 Å². The maximum absolute atomic E-state index is 12.4. The minimum atomic E-state index is -1.17. The van der Waals surface area contributed by atoms with E-state index >= 15 is 0 Å². The Bertz CT molecular complexity index is 989. The Morgan fingerprint density at radius 3 is 2.04 bits per heavy atom. The molecule has 0 saturated carbocycles. The van der Waals surface area contributed by atoms with Gasteiger partial charge in [0.05, 0.1) is 5.94 Å². The monoisotopic (exact) mass is 390 g/mol. The van der Waals surface area contributed by atoms with Crippen molar-refractivity contribution < 1.29 is 19.8 Å². The van der Waals surface area contributed by atoms with Gasteiger partial charge in [0.1, 0.15) is 52.8 Å². The van der Waals surface area contributed by atoms with Gasteiger partial charge >= 0.3 is 5.97 Å². The number of halogens is 1. The maximum atomic E-state index is 12.4. The van der Waals surface area contributed by atoms with Crippen LogP contribution in [0.25, 0.3) is 11.1 Å². The first-order valence-corrected chi connectivity index (χ1v) is 9.27. The van der Waals surface area contributed by atoms with Crippen molar-refractivity contribution in [3.8, 4) is 16.9 Å². The van der Waals surface area contributed by atoms with Crippen LogP contribution >= 0.6 is 11.6 Å². The second-order valence-corrected chi connectivity index (χ2v) is 7.49. The Labute approximate surface area is 175 Å². The number of carbonyl (C=O) groups is 2. The van der Waals surface area contributed by atoms with Gasteiger partial charge in [-0.1, -0.05) is 33.5 Å². The van der Waals surface area contributed by atoms with Crippen LogP contribution in [-0.4, -0.2) is 87.9 Å². The largest absolute Gasteiger partial charge is 0.506 e. The minimum Gasteiger partial charge on any atom is -0.506 e. The Hall–Kier alpha value is -2.15. The molecule has 0 radical (unpaired) electrons. The topological polar surface area (TPSA) is 99.5 Å². The number of carboxylic acids is 1. The number of carbonyl (C=O) groups excluding carboxylic acids is 1. The van der Waals surface area contributed by atoms with Crippen molar-refractivity contribution in [2.45, 2.75) is 5.94 Å². The Kier molecular flexibility index (Phi) is 6.39. The third-order valence-electron chi connectivity index (χ3n) is 5.31. The lowest BCUT2D eigenvalue weighted by Gasteiger charge is -2.23. The lowest BCUT2D eigenvalue weighted by atomic mass is 9.63. The molecule has 0 aliphatic heterocycles. The van der Waals surface area contributed by atoms with Crippen molar-refractivity contribution in [2.75, 3.05) is 0 Å². The number of nitrogens with one attached hydrogen (secondary N) is 1. The highest BCUT2D eigenvalue weighted by atomic mass is 35.5. The number of nitrogens with zero attached hydrogens (tertiary/aromatic N) is 1. The fourth-order valence-corrected chi connectivity index (χ4v) is 3.61. The van der Waals surface area contributed by atoms with E-state index in [1.165, 1.54) is 7.85 Å². The molecule has 14 heteroatoms. The quantitative estimate of drug-likeness (QED) is 0.451. The molecule has 28 heavy (non-hydrogen) atoms. The normalized spacial score (nSPS) is 11.8. The van der Waals surface area contributed by atoms with Crippen LogP contribution in [0.1, 0.15) is 10.5 Å². The molecule has 0 bridgehead atoms. The molecule has 1 aromatic heterocycles. The van der Waals surface area contributed by atoms with Crippen LogP contribution in [0.2, 0.25) is 5.02 Å². The molecule has 1 heterocycles. The third-order valence-corrected chi connectivity index (χ3v) is 5.88. The van der Waals surface area contributed by atoms with Gasteiger partial charge in [0.15, 0.2) is 13.5 Å².